The summed E-state index contributed by atoms with van der Waals surface area (Å²) in [6, 6.07) is 10.8. The zero-order valence-corrected chi connectivity index (χ0v) is 15.4. The van der Waals surface area contributed by atoms with Gasteiger partial charge in [0.05, 0.1) is 12.8 Å². The van der Waals surface area contributed by atoms with Crippen molar-refractivity contribution in [2.45, 2.75) is 13.0 Å². The molecule has 0 spiro atoms. The number of benzene rings is 1. The number of halogens is 1. The number of hydrogen-bond donors (Lipinski definition) is 1. The number of rotatable bonds is 8. The summed E-state index contributed by atoms with van der Waals surface area (Å²) >= 11 is 5.93. The van der Waals surface area contributed by atoms with Gasteiger partial charge in [0.1, 0.15) is 0 Å². The van der Waals surface area contributed by atoms with Crippen LogP contribution in [-0.2, 0) is 27.8 Å². The van der Waals surface area contributed by atoms with Crippen molar-refractivity contribution in [2.75, 3.05) is 19.3 Å². The Morgan fingerprint density at radius 1 is 1.24 bits per heavy atom. The molecule has 1 N–H and O–H groups in total. The van der Waals surface area contributed by atoms with E-state index in [2.05, 4.69) is 10.3 Å². The number of pyridine rings is 1. The fourth-order valence-electron chi connectivity index (χ4n) is 2.23. The highest BCUT2D eigenvalue weighted by Crippen LogP contribution is 2.12. The number of aromatic nitrogens is 1. The molecule has 6 nitrogen and oxygen atoms in total. The largest absolute Gasteiger partial charge is 0.351 e. The van der Waals surface area contributed by atoms with Crippen LogP contribution < -0.4 is 5.32 Å². The summed E-state index contributed by atoms with van der Waals surface area (Å²) in [7, 11) is -3.50. The van der Waals surface area contributed by atoms with Crippen molar-refractivity contribution in [3.05, 3.63) is 64.9 Å². The summed E-state index contributed by atoms with van der Waals surface area (Å²) in [5, 5.41) is 3.30. The number of carbonyl (C=O) groups is 1. The molecule has 1 aromatic heterocycles. The van der Waals surface area contributed by atoms with Crippen molar-refractivity contribution in [3.8, 4) is 0 Å². The fourth-order valence-corrected chi connectivity index (χ4v) is 3.22. The van der Waals surface area contributed by atoms with Crippen LogP contribution in [0.15, 0.2) is 48.8 Å². The summed E-state index contributed by atoms with van der Waals surface area (Å²) in [6.07, 6.45) is 4.86. The molecule has 0 aliphatic carbocycles. The van der Waals surface area contributed by atoms with Crippen molar-refractivity contribution >= 4 is 27.5 Å². The smallest absolute Gasteiger partial charge is 0.235 e. The number of amides is 1. The molecule has 0 fully saturated rings. The third-order valence-electron chi connectivity index (χ3n) is 3.54. The molecule has 1 amide bonds. The van der Waals surface area contributed by atoms with E-state index < -0.39 is 10.0 Å². The molecular formula is C17H20ClN3O3S. The minimum atomic E-state index is -3.50. The van der Waals surface area contributed by atoms with Gasteiger partial charge in [0.2, 0.25) is 15.9 Å². The predicted molar refractivity (Wildman–Crippen MR) is 97.7 cm³/mol. The normalized spacial score (nSPS) is 11.5. The lowest BCUT2D eigenvalue weighted by atomic mass is 10.1. The first kappa shape index (κ1) is 19.4. The van der Waals surface area contributed by atoms with Crippen LogP contribution >= 0.6 is 11.6 Å². The van der Waals surface area contributed by atoms with E-state index in [-0.39, 0.29) is 19.0 Å². The number of sulfonamides is 1. The van der Waals surface area contributed by atoms with Crippen LogP contribution in [0.5, 0.6) is 0 Å². The van der Waals surface area contributed by atoms with Gasteiger partial charge in [0.15, 0.2) is 0 Å². The lowest BCUT2D eigenvalue weighted by Gasteiger charge is -2.19. The monoisotopic (exact) mass is 381 g/mol. The number of carbonyl (C=O) groups excluding carboxylic acids is 1. The minimum Gasteiger partial charge on any atom is -0.351 e. The van der Waals surface area contributed by atoms with Crippen molar-refractivity contribution in [1.29, 1.82) is 0 Å². The van der Waals surface area contributed by atoms with E-state index in [0.29, 0.717) is 18.0 Å². The molecule has 134 valence electrons. The summed E-state index contributed by atoms with van der Waals surface area (Å²) < 4.78 is 25.0. The Hall–Kier alpha value is -1.96. The zero-order chi connectivity index (χ0) is 18.3. The maximum absolute atomic E-state index is 12.1. The van der Waals surface area contributed by atoms with Crippen LogP contribution in [0.2, 0.25) is 5.02 Å². The Balaban J connectivity index is 1.92. The predicted octanol–water partition coefficient (Wildman–Crippen LogP) is 1.86. The SMILES string of the molecule is CS(=O)(=O)N(CCc1cccc(Cl)c1)CC(=O)NCc1cccnc1. The van der Waals surface area contributed by atoms with E-state index in [9.17, 15) is 13.2 Å². The number of nitrogens with zero attached hydrogens (tertiary/aromatic N) is 2. The average Bonchev–Trinajstić information content (AvgIpc) is 2.57. The van der Waals surface area contributed by atoms with E-state index in [0.717, 1.165) is 21.7 Å². The highest BCUT2D eigenvalue weighted by atomic mass is 35.5. The Morgan fingerprint density at radius 2 is 2.00 bits per heavy atom. The third-order valence-corrected chi connectivity index (χ3v) is 5.03. The molecule has 2 rings (SSSR count). The van der Waals surface area contributed by atoms with Crippen LogP contribution in [0.1, 0.15) is 11.1 Å². The summed E-state index contributed by atoms with van der Waals surface area (Å²) in [6.45, 7) is 0.289. The van der Waals surface area contributed by atoms with Gasteiger partial charge in [0, 0.05) is 30.5 Å². The van der Waals surface area contributed by atoms with Crippen molar-refractivity contribution in [1.82, 2.24) is 14.6 Å². The first-order chi connectivity index (χ1) is 11.8. The minimum absolute atomic E-state index is 0.208. The van der Waals surface area contributed by atoms with Crippen LogP contribution in [0.25, 0.3) is 0 Å². The molecular weight excluding hydrogens is 362 g/mol. The fraction of sp³-hybridized carbons (Fsp3) is 0.294. The average molecular weight is 382 g/mol. The van der Waals surface area contributed by atoms with Gasteiger partial charge in [-0.05, 0) is 35.7 Å². The second-order valence-corrected chi connectivity index (χ2v) is 8.03. The van der Waals surface area contributed by atoms with Gasteiger partial charge < -0.3 is 5.32 Å². The second kappa shape index (κ2) is 8.94. The maximum atomic E-state index is 12.1. The topological polar surface area (TPSA) is 79.4 Å². The molecule has 8 heteroatoms. The summed E-state index contributed by atoms with van der Waals surface area (Å²) in [5.74, 6) is -0.361. The zero-order valence-electron chi connectivity index (χ0n) is 13.9. The molecule has 0 radical (unpaired) electrons. The molecule has 0 saturated carbocycles. The van der Waals surface area contributed by atoms with E-state index in [1.54, 1.807) is 30.6 Å². The van der Waals surface area contributed by atoms with Crippen molar-refractivity contribution in [2.24, 2.45) is 0 Å². The third kappa shape index (κ3) is 6.81. The van der Waals surface area contributed by atoms with Crippen molar-refractivity contribution < 1.29 is 13.2 Å². The van der Waals surface area contributed by atoms with Crippen LogP contribution in [-0.4, -0.2) is 43.0 Å². The van der Waals surface area contributed by atoms with Gasteiger partial charge in [-0.3, -0.25) is 9.78 Å². The molecule has 1 aromatic carbocycles. The molecule has 25 heavy (non-hydrogen) atoms. The molecule has 0 atom stereocenters. The highest BCUT2D eigenvalue weighted by molar-refractivity contribution is 7.88. The Morgan fingerprint density at radius 3 is 2.64 bits per heavy atom. The first-order valence-electron chi connectivity index (χ1n) is 7.70. The molecule has 2 aromatic rings. The molecule has 0 aliphatic rings. The van der Waals surface area contributed by atoms with Gasteiger partial charge >= 0.3 is 0 Å². The highest BCUT2D eigenvalue weighted by Gasteiger charge is 2.19. The lowest BCUT2D eigenvalue weighted by Crippen LogP contribution is -2.41. The van der Waals surface area contributed by atoms with E-state index in [1.807, 2.05) is 18.2 Å². The Kier molecular flexibility index (Phi) is 6.92. The quantitative estimate of drug-likeness (QED) is 0.756. The second-order valence-electron chi connectivity index (χ2n) is 5.61. The van der Waals surface area contributed by atoms with Crippen LogP contribution in [0.3, 0.4) is 0 Å². The molecule has 0 bridgehead atoms. The van der Waals surface area contributed by atoms with Crippen LogP contribution in [0.4, 0.5) is 0 Å². The first-order valence-corrected chi connectivity index (χ1v) is 9.92. The summed E-state index contributed by atoms with van der Waals surface area (Å²) in [5.41, 5.74) is 1.76. The molecule has 0 aliphatic heterocycles. The van der Waals surface area contributed by atoms with Crippen molar-refractivity contribution in [3.63, 3.8) is 0 Å². The number of hydrogen-bond acceptors (Lipinski definition) is 4. The van der Waals surface area contributed by atoms with Gasteiger partial charge in [-0.2, -0.15) is 4.31 Å². The maximum Gasteiger partial charge on any atom is 0.235 e. The van der Waals surface area contributed by atoms with E-state index >= 15 is 0 Å². The molecule has 1 heterocycles. The van der Waals surface area contributed by atoms with E-state index in [4.69, 9.17) is 11.6 Å². The standard InChI is InChI=1S/C17H20ClN3O3S/c1-25(23,24)21(9-7-14-4-2-6-16(18)10-14)13-17(22)20-12-15-5-3-8-19-11-15/h2-6,8,10-11H,7,9,12-13H2,1H3,(H,20,22). The molecule has 0 unspecified atom stereocenters. The van der Waals surface area contributed by atoms with Gasteiger partial charge in [-0.25, -0.2) is 8.42 Å². The van der Waals surface area contributed by atoms with Crippen LogP contribution in [0, 0.1) is 0 Å². The van der Waals surface area contributed by atoms with E-state index in [1.165, 1.54) is 0 Å². The van der Waals surface area contributed by atoms with Gasteiger partial charge in [-0.1, -0.05) is 29.8 Å². The lowest BCUT2D eigenvalue weighted by molar-refractivity contribution is -0.121. The Labute approximate surface area is 152 Å². The Bertz CT molecular complexity index is 813. The summed E-state index contributed by atoms with van der Waals surface area (Å²) in [4.78, 5) is 16.0. The molecule has 0 saturated heterocycles. The number of nitrogens with one attached hydrogen (secondary N) is 1. The van der Waals surface area contributed by atoms with Gasteiger partial charge in [-0.15, -0.1) is 0 Å². The van der Waals surface area contributed by atoms with Gasteiger partial charge in [0.25, 0.3) is 0 Å².